The van der Waals surface area contributed by atoms with Gasteiger partial charge in [-0.15, -0.1) is 0 Å². The molecule has 1 amide bonds. The maximum Gasteiger partial charge on any atom is 0.328 e. The second-order valence-electron chi connectivity index (χ2n) is 4.76. The van der Waals surface area contributed by atoms with Crippen LogP contribution in [0.1, 0.15) is 19.4 Å². The van der Waals surface area contributed by atoms with E-state index in [0.29, 0.717) is 5.69 Å². The van der Waals surface area contributed by atoms with E-state index in [9.17, 15) is 9.59 Å². The summed E-state index contributed by atoms with van der Waals surface area (Å²) < 4.78 is 4.66. The highest BCUT2D eigenvalue weighted by molar-refractivity contribution is 5.94. The molecule has 1 atom stereocenters. The third-order valence-corrected chi connectivity index (χ3v) is 2.76. The first-order valence-electron chi connectivity index (χ1n) is 6.36. The Labute approximate surface area is 118 Å². The molecule has 1 aromatic carbocycles. The number of methoxy groups -OCH3 is 1. The van der Waals surface area contributed by atoms with Gasteiger partial charge < -0.3 is 15.8 Å². The van der Waals surface area contributed by atoms with Crippen LogP contribution < -0.4 is 11.1 Å². The van der Waals surface area contributed by atoms with Crippen molar-refractivity contribution in [1.82, 2.24) is 5.32 Å². The van der Waals surface area contributed by atoms with Gasteiger partial charge in [0.05, 0.1) is 7.11 Å². The quantitative estimate of drug-likeness (QED) is 0.486. The van der Waals surface area contributed by atoms with E-state index < -0.39 is 12.0 Å². The molecule has 0 spiro atoms. The summed E-state index contributed by atoms with van der Waals surface area (Å²) in [6.07, 6.45) is 3.01. The molecule has 0 aliphatic carbocycles. The molecular formula is C15H20N2O3. The van der Waals surface area contributed by atoms with E-state index in [4.69, 9.17) is 5.73 Å². The predicted octanol–water partition coefficient (Wildman–Crippen LogP) is 1.60. The number of esters is 1. The van der Waals surface area contributed by atoms with Gasteiger partial charge in [-0.3, -0.25) is 4.79 Å². The van der Waals surface area contributed by atoms with Crippen LogP contribution in [-0.2, 0) is 14.3 Å². The maximum atomic E-state index is 11.8. The summed E-state index contributed by atoms with van der Waals surface area (Å²) in [5.41, 5.74) is 7.09. The molecule has 5 heteroatoms. The zero-order valence-corrected chi connectivity index (χ0v) is 11.9. The van der Waals surface area contributed by atoms with Gasteiger partial charge in [0.1, 0.15) is 6.04 Å². The minimum atomic E-state index is -0.655. The van der Waals surface area contributed by atoms with Crippen LogP contribution in [0.5, 0.6) is 0 Å². The molecule has 0 unspecified atom stereocenters. The van der Waals surface area contributed by atoms with Crippen molar-refractivity contribution in [2.75, 3.05) is 12.8 Å². The van der Waals surface area contributed by atoms with Crippen molar-refractivity contribution in [3.63, 3.8) is 0 Å². The Morgan fingerprint density at radius 2 is 2.05 bits per heavy atom. The van der Waals surface area contributed by atoms with E-state index >= 15 is 0 Å². The van der Waals surface area contributed by atoms with Crippen molar-refractivity contribution in [2.24, 2.45) is 5.92 Å². The average Bonchev–Trinajstić information content (AvgIpc) is 2.41. The standard InChI is InChI=1S/C15H20N2O3/c1-10(2)14(15(19)20-3)17-13(18)8-7-11-5-4-6-12(16)9-11/h4-10,14H,16H2,1-3H3,(H,17,18)/b8-7+/t14-/m0/s1. The van der Waals surface area contributed by atoms with E-state index in [1.165, 1.54) is 13.2 Å². The lowest BCUT2D eigenvalue weighted by atomic mass is 10.0. The van der Waals surface area contributed by atoms with Crippen LogP contribution in [0.15, 0.2) is 30.3 Å². The highest BCUT2D eigenvalue weighted by Crippen LogP contribution is 2.08. The monoisotopic (exact) mass is 276 g/mol. The third kappa shape index (κ3) is 4.76. The topological polar surface area (TPSA) is 81.4 Å². The Bertz CT molecular complexity index is 510. The Kier molecular flexibility index (Phi) is 5.77. The fourth-order valence-electron chi connectivity index (χ4n) is 1.66. The number of carbonyl (C=O) groups is 2. The highest BCUT2D eigenvalue weighted by atomic mass is 16.5. The zero-order chi connectivity index (χ0) is 15.1. The molecule has 3 N–H and O–H groups in total. The van der Waals surface area contributed by atoms with Crippen LogP contribution in [0.2, 0.25) is 0 Å². The molecule has 1 aromatic rings. The van der Waals surface area contributed by atoms with Crippen LogP contribution in [0.25, 0.3) is 6.08 Å². The number of benzene rings is 1. The van der Waals surface area contributed by atoms with Gasteiger partial charge in [-0.1, -0.05) is 26.0 Å². The summed E-state index contributed by atoms with van der Waals surface area (Å²) in [7, 11) is 1.30. The van der Waals surface area contributed by atoms with Gasteiger partial charge in [0.2, 0.25) is 5.91 Å². The fourth-order valence-corrected chi connectivity index (χ4v) is 1.66. The molecule has 20 heavy (non-hydrogen) atoms. The molecule has 0 fully saturated rings. The lowest BCUT2D eigenvalue weighted by Gasteiger charge is -2.18. The number of carbonyl (C=O) groups excluding carboxylic acids is 2. The number of nitrogen functional groups attached to an aromatic ring is 1. The van der Waals surface area contributed by atoms with Crippen LogP contribution in [0, 0.1) is 5.92 Å². The maximum absolute atomic E-state index is 11.8. The number of hydrogen-bond donors (Lipinski definition) is 2. The molecule has 0 radical (unpaired) electrons. The van der Waals surface area contributed by atoms with Crippen molar-refractivity contribution in [2.45, 2.75) is 19.9 Å². The summed E-state index contributed by atoms with van der Waals surface area (Å²) in [6, 6.07) is 6.50. The SMILES string of the molecule is COC(=O)[C@@H](NC(=O)/C=C/c1cccc(N)c1)C(C)C. The number of nitrogens with two attached hydrogens (primary N) is 1. The number of nitrogens with one attached hydrogen (secondary N) is 1. The Hall–Kier alpha value is -2.30. The number of ether oxygens (including phenoxy) is 1. The van der Waals surface area contributed by atoms with E-state index in [2.05, 4.69) is 10.1 Å². The summed E-state index contributed by atoms with van der Waals surface area (Å²) >= 11 is 0. The summed E-state index contributed by atoms with van der Waals surface area (Å²) in [4.78, 5) is 23.3. The molecule has 0 aliphatic heterocycles. The second-order valence-corrected chi connectivity index (χ2v) is 4.76. The molecule has 0 saturated carbocycles. The van der Waals surface area contributed by atoms with Gasteiger partial charge in [-0.05, 0) is 29.7 Å². The molecule has 1 rings (SSSR count). The molecule has 0 aliphatic rings. The van der Waals surface area contributed by atoms with Gasteiger partial charge in [-0.25, -0.2) is 4.79 Å². The van der Waals surface area contributed by atoms with Gasteiger partial charge in [0.15, 0.2) is 0 Å². The Morgan fingerprint density at radius 1 is 1.35 bits per heavy atom. The van der Waals surface area contributed by atoms with Crippen molar-refractivity contribution < 1.29 is 14.3 Å². The van der Waals surface area contributed by atoms with Crippen LogP contribution in [0.3, 0.4) is 0 Å². The largest absolute Gasteiger partial charge is 0.467 e. The number of hydrogen-bond acceptors (Lipinski definition) is 4. The Morgan fingerprint density at radius 3 is 2.60 bits per heavy atom. The van der Waals surface area contributed by atoms with Crippen LogP contribution >= 0.6 is 0 Å². The first-order chi connectivity index (χ1) is 9.43. The van der Waals surface area contributed by atoms with Crippen molar-refractivity contribution in [3.05, 3.63) is 35.9 Å². The minimum Gasteiger partial charge on any atom is -0.467 e. The number of amides is 1. The second kappa shape index (κ2) is 7.33. The highest BCUT2D eigenvalue weighted by Gasteiger charge is 2.23. The molecule has 0 bridgehead atoms. The smallest absolute Gasteiger partial charge is 0.328 e. The minimum absolute atomic E-state index is 0.0489. The van der Waals surface area contributed by atoms with Gasteiger partial charge >= 0.3 is 5.97 Å². The van der Waals surface area contributed by atoms with E-state index in [1.54, 1.807) is 24.3 Å². The van der Waals surface area contributed by atoms with Gasteiger partial charge in [-0.2, -0.15) is 0 Å². The van der Waals surface area contributed by atoms with Crippen molar-refractivity contribution in [1.29, 1.82) is 0 Å². The Balaban J connectivity index is 2.68. The van der Waals surface area contributed by atoms with Crippen molar-refractivity contribution >= 4 is 23.6 Å². The lowest BCUT2D eigenvalue weighted by Crippen LogP contribution is -2.44. The van der Waals surface area contributed by atoms with E-state index in [-0.39, 0.29) is 11.8 Å². The number of rotatable bonds is 5. The fraction of sp³-hybridized carbons (Fsp3) is 0.333. The van der Waals surface area contributed by atoms with E-state index in [0.717, 1.165) is 5.56 Å². The lowest BCUT2D eigenvalue weighted by molar-refractivity contribution is -0.145. The molecule has 5 nitrogen and oxygen atoms in total. The normalized spacial score (nSPS) is 12.4. The first kappa shape index (κ1) is 15.8. The van der Waals surface area contributed by atoms with Gasteiger partial charge in [0.25, 0.3) is 0 Å². The summed E-state index contributed by atoms with van der Waals surface area (Å²) in [5.74, 6) is -0.852. The number of anilines is 1. The van der Waals surface area contributed by atoms with Gasteiger partial charge in [0, 0.05) is 11.8 Å². The molecule has 0 saturated heterocycles. The molecule has 108 valence electrons. The molecule has 0 aromatic heterocycles. The van der Waals surface area contributed by atoms with E-state index in [1.807, 2.05) is 19.9 Å². The van der Waals surface area contributed by atoms with Crippen LogP contribution in [-0.4, -0.2) is 25.0 Å². The first-order valence-corrected chi connectivity index (χ1v) is 6.36. The average molecular weight is 276 g/mol. The third-order valence-electron chi connectivity index (χ3n) is 2.76. The predicted molar refractivity (Wildman–Crippen MR) is 78.7 cm³/mol. The summed E-state index contributed by atoms with van der Waals surface area (Å²) in [5, 5.41) is 2.62. The zero-order valence-electron chi connectivity index (χ0n) is 11.9. The summed E-state index contributed by atoms with van der Waals surface area (Å²) in [6.45, 7) is 3.67. The molecule has 0 heterocycles. The van der Waals surface area contributed by atoms with Crippen molar-refractivity contribution in [3.8, 4) is 0 Å². The van der Waals surface area contributed by atoms with Crippen LogP contribution in [0.4, 0.5) is 5.69 Å². The molecular weight excluding hydrogens is 256 g/mol.